The number of carbonyl (C=O) groups excluding carboxylic acids is 1. The summed E-state index contributed by atoms with van der Waals surface area (Å²) in [5.41, 5.74) is 2.37. The Morgan fingerprint density at radius 3 is 2.93 bits per heavy atom. The summed E-state index contributed by atoms with van der Waals surface area (Å²) in [6.07, 6.45) is 7.17. The Bertz CT molecular complexity index is 1060. The van der Waals surface area contributed by atoms with Gasteiger partial charge in [-0.3, -0.25) is 4.79 Å². The maximum atomic E-state index is 12.9. The standard InChI is InChI=1S/C24H29NO5/c1-15-11-19(22-17-6-4-7-18(17)23(27)30-20(22)12-15)29-14-21(26)25-10-9-24(28)8-3-2-5-16(24)13-25/h11-12,16,28H,2-10,13-14H2,1H3/t16-,24+/m0/s1. The number of carbonyl (C=O) groups is 1. The number of aryl methyl sites for hydroxylation is 2. The molecule has 0 unspecified atom stereocenters. The van der Waals surface area contributed by atoms with E-state index < -0.39 is 5.60 Å². The summed E-state index contributed by atoms with van der Waals surface area (Å²) in [4.78, 5) is 27.0. The molecule has 1 saturated heterocycles. The van der Waals surface area contributed by atoms with Gasteiger partial charge in [0.1, 0.15) is 11.3 Å². The van der Waals surface area contributed by atoms with Crippen molar-refractivity contribution in [3.8, 4) is 5.75 Å². The van der Waals surface area contributed by atoms with Crippen molar-refractivity contribution in [2.75, 3.05) is 19.7 Å². The van der Waals surface area contributed by atoms with Crippen LogP contribution in [0.15, 0.2) is 21.3 Å². The summed E-state index contributed by atoms with van der Waals surface area (Å²) in [6.45, 7) is 3.07. The van der Waals surface area contributed by atoms with Crippen molar-refractivity contribution >= 4 is 16.9 Å². The monoisotopic (exact) mass is 411 g/mol. The summed E-state index contributed by atoms with van der Waals surface area (Å²) in [6, 6.07) is 3.78. The Balaban J connectivity index is 1.36. The normalized spacial score (nSPS) is 25.8. The third kappa shape index (κ3) is 3.31. The van der Waals surface area contributed by atoms with Crippen LogP contribution in [0.5, 0.6) is 5.75 Å². The largest absolute Gasteiger partial charge is 0.483 e. The zero-order valence-electron chi connectivity index (χ0n) is 17.5. The number of amides is 1. The molecule has 30 heavy (non-hydrogen) atoms. The smallest absolute Gasteiger partial charge is 0.339 e. The highest BCUT2D eigenvalue weighted by Crippen LogP contribution is 2.40. The quantitative estimate of drug-likeness (QED) is 0.785. The number of likely N-dealkylation sites (tertiary alicyclic amines) is 1. The second kappa shape index (κ2) is 7.41. The second-order valence-electron chi connectivity index (χ2n) is 9.26. The van der Waals surface area contributed by atoms with E-state index in [9.17, 15) is 14.7 Å². The number of piperidine rings is 1. The van der Waals surface area contributed by atoms with Crippen LogP contribution < -0.4 is 10.4 Å². The van der Waals surface area contributed by atoms with E-state index in [0.29, 0.717) is 30.8 Å². The van der Waals surface area contributed by atoms with Gasteiger partial charge in [-0.05, 0) is 68.7 Å². The summed E-state index contributed by atoms with van der Waals surface area (Å²) in [5.74, 6) is 0.735. The molecule has 2 fully saturated rings. The molecule has 6 heteroatoms. The van der Waals surface area contributed by atoms with Gasteiger partial charge in [0, 0.05) is 24.6 Å². The van der Waals surface area contributed by atoms with Crippen LogP contribution in [-0.2, 0) is 17.6 Å². The van der Waals surface area contributed by atoms with Crippen LogP contribution in [0.3, 0.4) is 0 Å². The average molecular weight is 411 g/mol. The Labute approximate surface area is 175 Å². The molecular formula is C24H29NO5. The lowest BCUT2D eigenvalue weighted by Gasteiger charge is -2.47. The zero-order chi connectivity index (χ0) is 20.9. The molecule has 1 amide bonds. The summed E-state index contributed by atoms with van der Waals surface area (Å²) in [7, 11) is 0. The molecule has 0 radical (unpaired) electrons. The van der Waals surface area contributed by atoms with E-state index >= 15 is 0 Å². The molecule has 2 heterocycles. The van der Waals surface area contributed by atoms with Crippen LogP contribution in [0.25, 0.3) is 11.0 Å². The van der Waals surface area contributed by atoms with E-state index in [1.165, 1.54) is 0 Å². The van der Waals surface area contributed by atoms with Crippen LogP contribution in [0, 0.1) is 12.8 Å². The summed E-state index contributed by atoms with van der Waals surface area (Å²) >= 11 is 0. The first-order valence-electron chi connectivity index (χ1n) is 11.2. The number of fused-ring (bicyclic) bond motifs is 4. The van der Waals surface area contributed by atoms with Gasteiger partial charge in [0.2, 0.25) is 0 Å². The third-order valence-corrected chi connectivity index (χ3v) is 7.31. The maximum Gasteiger partial charge on any atom is 0.339 e. The molecule has 6 nitrogen and oxygen atoms in total. The Kier molecular flexibility index (Phi) is 4.85. The van der Waals surface area contributed by atoms with Crippen molar-refractivity contribution in [1.29, 1.82) is 0 Å². The van der Waals surface area contributed by atoms with Crippen molar-refractivity contribution in [3.05, 3.63) is 39.2 Å². The fraction of sp³-hybridized carbons (Fsp3) is 0.583. The van der Waals surface area contributed by atoms with Crippen LogP contribution in [0.1, 0.15) is 55.2 Å². The molecule has 0 bridgehead atoms. The van der Waals surface area contributed by atoms with Crippen molar-refractivity contribution in [1.82, 2.24) is 4.90 Å². The Morgan fingerprint density at radius 2 is 2.07 bits per heavy atom. The van der Waals surface area contributed by atoms with E-state index in [0.717, 1.165) is 67.0 Å². The number of hydrogen-bond donors (Lipinski definition) is 1. The predicted molar refractivity (Wildman–Crippen MR) is 113 cm³/mol. The van der Waals surface area contributed by atoms with Gasteiger partial charge >= 0.3 is 5.63 Å². The molecule has 1 N–H and O–H groups in total. The van der Waals surface area contributed by atoms with Crippen LogP contribution in [-0.4, -0.2) is 41.2 Å². The van der Waals surface area contributed by atoms with Gasteiger partial charge in [-0.15, -0.1) is 0 Å². The molecule has 160 valence electrons. The first kappa shape index (κ1) is 19.6. The van der Waals surface area contributed by atoms with E-state index in [1.54, 1.807) is 0 Å². The lowest BCUT2D eigenvalue weighted by atomic mass is 9.71. The topological polar surface area (TPSA) is 80.0 Å². The summed E-state index contributed by atoms with van der Waals surface area (Å²) in [5, 5.41) is 11.7. The second-order valence-corrected chi connectivity index (χ2v) is 9.26. The maximum absolute atomic E-state index is 12.9. The number of rotatable bonds is 3. The van der Waals surface area contributed by atoms with E-state index in [1.807, 2.05) is 24.0 Å². The van der Waals surface area contributed by atoms with Gasteiger partial charge in [0.25, 0.3) is 5.91 Å². The summed E-state index contributed by atoms with van der Waals surface area (Å²) < 4.78 is 11.6. The molecular weight excluding hydrogens is 382 g/mol. The van der Waals surface area contributed by atoms with E-state index in [-0.39, 0.29) is 24.1 Å². The molecule has 2 aliphatic carbocycles. The molecule has 1 aromatic heterocycles. The number of aliphatic hydroxyl groups is 1. The zero-order valence-corrected chi connectivity index (χ0v) is 17.5. The molecule has 0 spiro atoms. The number of nitrogens with zero attached hydrogens (tertiary/aromatic N) is 1. The molecule has 1 saturated carbocycles. The minimum absolute atomic E-state index is 0.0440. The van der Waals surface area contributed by atoms with Crippen molar-refractivity contribution < 1.29 is 19.1 Å². The van der Waals surface area contributed by atoms with E-state index in [4.69, 9.17) is 9.15 Å². The average Bonchev–Trinajstić information content (AvgIpc) is 3.21. The van der Waals surface area contributed by atoms with Gasteiger partial charge in [0.15, 0.2) is 6.61 Å². The molecule has 5 rings (SSSR count). The Hall–Kier alpha value is -2.34. The minimum Gasteiger partial charge on any atom is -0.483 e. The van der Waals surface area contributed by atoms with Gasteiger partial charge in [0.05, 0.1) is 11.0 Å². The fourth-order valence-corrected chi connectivity index (χ4v) is 5.65. The lowest BCUT2D eigenvalue weighted by molar-refractivity contribution is -0.145. The third-order valence-electron chi connectivity index (χ3n) is 7.31. The van der Waals surface area contributed by atoms with Gasteiger partial charge in [-0.1, -0.05) is 12.8 Å². The van der Waals surface area contributed by atoms with E-state index in [2.05, 4.69) is 0 Å². The highest BCUT2D eigenvalue weighted by Gasteiger charge is 2.43. The molecule has 1 aliphatic heterocycles. The number of hydrogen-bond acceptors (Lipinski definition) is 5. The van der Waals surface area contributed by atoms with Crippen molar-refractivity contribution in [2.45, 2.75) is 63.9 Å². The van der Waals surface area contributed by atoms with Crippen LogP contribution in [0.4, 0.5) is 0 Å². The number of ether oxygens (including phenoxy) is 1. The molecule has 2 atom stereocenters. The molecule has 3 aliphatic rings. The van der Waals surface area contributed by atoms with Crippen LogP contribution in [0.2, 0.25) is 0 Å². The van der Waals surface area contributed by atoms with Crippen molar-refractivity contribution in [2.24, 2.45) is 5.92 Å². The predicted octanol–water partition coefficient (Wildman–Crippen LogP) is 3.12. The lowest BCUT2D eigenvalue weighted by Crippen LogP contribution is -2.55. The first-order chi connectivity index (χ1) is 14.4. The molecule has 2 aromatic rings. The van der Waals surface area contributed by atoms with Crippen LogP contribution >= 0.6 is 0 Å². The Morgan fingerprint density at radius 1 is 1.23 bits per heavy atom. The van der Waals surface area contributed by atoms with Gasteiger partial charge in [-0.25, -0.2) is 4.79 Å². The first-order valence-corrected chi connectivity index (χ1v) is 11.2. The van der Waals surface area contributed by atoms with Gasteiger partial charge in [-0.2, -0.15) is 0 Å². The van der Waals surface area contributed by atoms with Crippen molar-refractivity contribution in [3.63, 3.8) is 0 Å². The van der Waals surface area contributed by atoms with Gasteiger partial charge < -0.3 is 19.2 Å². The minimum atomic E-state index is -0.597. The SMILES string of the molecule is Cc1cc(OCC(=O)N2CC[C@]3(O)CCCC[C@H]3C2)c2c3c(c(=O)oc2c1)CCC3. The highest BCUT2D eigenvalue weighted by atomic mass is 16.5. The molecule has 1 aromatic carbocycles. The highest BCUT2D eigenvalue weighted by molar-refractivity contribution is 5.89. The fourth-order valence-electron chi connectivity index (χ4n) is 5.65. The number of benzene rings is 1.